The van der Waals surface area contributed by atoms with Crippen molar-refractivity contribution in [3.63, 3.8) is 0 Å². The minimum Gasteiger partial charge on any atom is -0.479 e. The Morgan fingerprint density at radius 1 is 0.939 bits per heavy atom. The average molecular weight is 449 g/mol. The van der Waals surface area contributed by atoms with E-state index in [9.17, 15) is 9.50 Å². The highest BCUT2D eigenvalue weighted by Crippen LogP contribution is 2.26. The van der Waals surface area contributed by atoms with Gasteiger partial charge in [-0.2, -0.15) is 0 Å². The Kier molecular flexibility index (Phi) is 9.58. The predicted molar refractivity (Wildman–Crippen MR) is 132 cm³/mol. The highest BCUT2D eigenvalue weighted by molar-refractivity contribution is 5.70. The number of unbranched alkanes of at least 4 members (excludes halogenated alkanes) is 3. The van der Waals surface area contributed by atoms with Crippen molar-refractivity contribution in [3.8, 4) is 28.3 Å². The molecule has 1 aromatic heterocycles. The molecule has 3 rings (SSSR count). The Labute approximate surface area is 196 Å². The molecule has 33 heavy (non-hydrogen) atoms. The normalized spacial score (nSPS) is 12.3. The molecule has 0 spiro atoms. The Hall–Kier alpha value is -3.05. The standard InChI is InChI=1S/C28H33FN2O2/c1-3-4-8-17-33-21(2)9-6-5-7-10-24-15-16-25(18-27(24)29)22-11-13-23(14-12-22)26-19-30-28(32)31-20-26/h7,10-16,18-21H,3-6,8-9,17H2,1-2H3,(H,30,31,32). The summed E-state index contributed by atoms with van der Waals surface area (Å²) < 4.78 is 20.5. The van der Waals surface area contributed by atoms with Crippen LogP contribution in [0, 0.1) is 5.82 Å². The summed E-state index contributed by atoms with van der Waals surface area (Å²) in [7, 11) is 0. The first-order chi connectivity index (χ1) is 16.1. The molecule has 174 valence electrons. The lowest BCUT2D eigenvalue weighted by Crippen LogP contribution is -2.08. The summed E-state index contributed by atoms with van der Waals surface area (Å²) in [5.74, 6) is -0.229. The van der Waals surface area contributed by atoms with Crippen molar-refractivity contribution < 1.29 is 14.2 Å². The number of halogens is 1. The maximum Gasteiger partial charge on any atom is 0.313 e. The van der Waals surface area contributed by atoms with Crippen LogP contribution in [0.4, 0.5) is 4.39 Å². The highest BCUT2D eigenvalue weighted by atomic mass is 19.1. The molecule has 0 aliphatic heterocycles. The zero-order valence-corrected chi connectivity index (χ0v) is 19.5. The molecule has 0 saturated carbocycles. The Bertz CT molecular complexity index is 1020. The zero-order chi connectivity index (χ0) is 23.5. The molecule has 2 aromatic carbocycles. The smallest absolute Gasteiger partial charge is 0.313 e. The van der Waals surface area contributed by atoms with Crippen LogP contribution in [0.1, 0.15) is 57.9 Å². The van der Waals surface area contributed by atoms with Crippen molar-refractivity contribution in [3.05, 3.63) is 72.3 Å². The van der Waals surface area contributed by atoms with Gasteiger partial charge in [0.15, 0.2) is 0 Å². The van der Waals surface area contributed by atoms with Gasteiger partial charge in [-0.3, -0.25) is 0 Å². The fraction of sp³-hybridized carbons (Fsp3) is 0.357. The summed E-state index contributed by atoms with van der Waals surface area (Å²) >= 11 is 0. The van der Waals surface area contributed by atoms with Crippen LogP contribution in [0.5, 0.6) is 6.01 Å². The molecule has 3 aromatic rings. The van der Waals surface area contributed by atoms with Crippen LogP contribution in [-0.2, 0) is 4.74 Å². The Balaban J connectivity index is 1.51. The molecule has 1 heterocycles. The molecule has 0 fully saturated rings. The second-order valence-corrected chi connectivity index (χ2v) is 8.31. The van der Waals surface area contributed by atoms with Gasteiger partial charge in [0.05, 0.1) is 6.10 Å². The topological polar surface area (TPSA) is 55.2 Å². The number of ether oxygens (including phenoxy) is 1. The van der Waals surface area contributed by atoms with E-state index in [1.807, 2.05) is 48.6 Å². The number of benzene rings is 2. The molecule has 0 aliphatic rings. The van der Waals surface area contributed by atoms with Gasteiger partial charge in [0.2, 0.25) is 0 Å². The predicted octanol–water partition coefficient (Wildman–Crippen LogP) is 7.43. The van der Waals surface area contributed by atoms with Crippen molar-refractivity contribution in [2.24, 2.45) is 0 Å². The van der Waals surface area contributed by atoms with E-state index in [1.54, 1.807) is 18.5 Å². The molecule has 1 atom stereocenters. The van der Waals surface area contributed by atoms with E-state index in [1.165, 1.54) is 12.8 Å². The summed E-state index contributed by atoms with van der Waals surface area (Å²) in [6, 6.07) is 12.8. The number of rotatable bonds is 12. The third-order valence-corrected chi connectivity index (χ3v) is 5.62. The third kappa shape index (κ3) is 7.79. The summed E-state index contributed by atoms with van der Waals surface area (Å²) in [5.41, 5.74) is 4.09. The number of hydrogen-bond donors (Lipinski definition) is 1. The van der Waals surface area contributed by atoms with E-state index in [-0.39, 0.29) is 17.9 Å². The first-order valence-electron chi connectivity index (χ1n) is 11.8. The molecule has 0 amide bonds. The molecular weight excluding hydrogens is 415 g/mol. The van der Waals surface area contributed by atoms with E-state index < -0.39 is 0 Å². The van der Waals surface area contributed by atoms with Gasteiger partial charge in [-0.1, -0.05) is 68.3 Å². The Morgan fingerprint density at radius 3 is 2.27 bits per heavy atom. The van der Waals surface area contributed by atoms with Crippen LogP contribution in [0.2, 0.25) is 0 Å². The second kappa shape index (κ2) is 12.9. The molecule has 4 nitrogen and oxygen atoms in total. The van der Waals surface area contributed by atoms with Gasteiger partial charge >= 0.3 is 6.01 Å². The molecule has 0 aliphatic carbocycles. The first-order valence-corrected chi connectivity index (χ1v) is 11.8. The number of nitrogens with zero attached hydrogens (tertiary/aromatic N) is 2. The van der Waals surface area contributed by atoms with Gasteiger partial charge in [-0.05, 0) is 55.4 Å². The number of aromatic nitrogens is 2. The maximum absolute atomic E-state index is 14.6. The highest BCUT2D eigenvalue weighted by Gasteiger charge is 2.06. The summed E-state index contributed by atoms with van der Waals surface area (Å²) in [5, 5.41) is 9.22. The van der Waals surface area contributed by atoms with Crippen LogP contribution in [-0.4, -0.2) is 27.8 Å². The lowest BCUT2D eigenvalue weighted by atomic mass is 10.00. The van der Waals surface area contributed by atoms with Gasteiger partial charge in [-0.25, -0.2) is 14.4 Å². The van der Waals surface area contributed by atoms with Crippen LogP contribution >= 0.6 is 0 Å². The zero-order valence-electron chi connectivity index (χ0n) is 19.5. The number of allylic oxidation sites excluding steroid dienone is 1. The largest absolute Gasteiger partial charge is 0.479 e. The summed E-state index contributed by atoms with van der Waals surface area (Å²) in [6.07, 6.45) is 13.8. The first kappa shape index (κ1) is 24.6. The molecule has 0 saturated heterocycles. The molecule has 1 unspecified atom stereocenters. The van der Waals surface area contributed by atoms with Gasteiger partial charge in [-0.15, -0.1) is 0 Å². The molecule has 5 heteroatoms. The minimum absolute atomic E-state index is 0.229. The quantitative estimate of drug-likeness (QED) is 0.293. The van der Waals surface area contributed by atoms with Gasteiger partial charge in [0.1, 0.15) is 5.82 Å². The van der Waals surface area contributed by atoms with Crippen LogP contribution in [0.15, 0.2) is 60.9 Å². The molecule has 0 bridgehead atoms. The van der Waals surface area contributed by atoms with Gasteiger partial charge in [0.25, 0.3) is 0 Å². The lowest BCUT2D eigenvalue weighted by molar-refractivity contribution is 0.0566. The van der Waals surface area contributed by atoms with Crippen molar-refractivity contribution in [2.75, 3.05) is 6.61 Å². The van der Waals surface area contributed by atoms with E-state index in [0.29, 0.717) is 5.56 Å². The van der Waals surface area contributed by atoms with Crippen molar-refractivity contribution in [2.45, 2.75) is 58.5 Å². The van der Waals surface area contributed by atoms with E-state index >= 15 is 0 Å². The minimum atomic E-state index is -0.249. The van der Waals surface area contributed by atoms with Crippen LogP contribution < -0.4 is 0 Å². The average Bonchev–Trinajstić information content (AvgIpc) is 2.83. The van der Waals surface area contributed by atoms with Gasteiger partial charge < -0.3 is 9.84 Å². The maximum atomic E-state index is 14.6. The van der Waals surface area contributed by atoms with Crippen LogP contribution in [0.3, 0.4) is 0 Å². The third-order valence-electron chi connectivity index (χ3n) is 5.62. The molecule has 1 N–H and O–H groups in total. The van der Waals surface area contributed by atoms with Gasteiger partial charge in [0, 0.05) is 30.1 Å². The van der Waals surface area contributed by atoms with Crippen molar-refractivity contribution >= 4 is 6.08 Å². The van der Waals surface area contributed by atoms with Crippen molar-refractivity contribution in [1.29, 1.82) is 0 Å². The molecule has 0 radical (unpaired) electrons. The SMILES string of the molecule is CCCCCOC(C)CCCC=Cc1ccc(-c2ccc(-c3cnc(O)nc3)cc2)cc1F. The fourth-order valence-corrected chi connectivity index (χ4v) is 3.62. The Morgan fingerprint density at radius 2 is 1.61 bits per heavy atom. The van der Waals surface area contributed by atoms with E-state index in [0.717, 1.165) is 54.5 Å². The molecular formula is C28H33FN2O2. The van der Waals surface area contributed by atoms with E-state index in [4.69, 9.17) is 4.74 Å². The lowest BCUT2D eigenvalue weighted by Gasteiger charge is -2.12. The fourth-order valence-electron chi connectivity index (χ4n) is 3.62. The number of aromatic hydroxyl groups is 1. The monoisotopic (exact) mass is 448 g/mol. The summed E-state index contributed by atoms with van der Waals surface area (Å²) in [6.45, 7) is 5.16. The van der Waals surface area contributed by atoms with Crippen LogP contribution in [0.25, 0.3) is 28.3 Å². The second-order valence-electron chi connectivity index (χ2n) is 8.31. The van der Waals surface area contributed by atoms with Crippen molar-refractivity contribution in [1.82, 2.24) is 9.97 Å². The summed E-state index contributed by atoms with van der Waals surface area (Å²) in [4.78, 5) is 7.60. The number of hydrogen-bond acceptors (Lipinski definition) is 4. The van der Waals surface area contributed by atoms with E-state index in [2.05, 4.69) is 23.8 Å².